The van der Waals surface area contributed by atoms with E-state index in [1.54, 1.807) is 0 Å². The molecular formula is C25H47BF3N5O7. The first kappa shape index (κ1) is 42.4. The molecule has 2 aliphatic heterocycles. The minimum atomic E-state index is -4.17. The van der Waals surface area contributed by atoms with E-state index in [2.05, 4.69) is 21.1 Å². The standard InChI is InChI=1S/C11H18F3NO.C8H12BN3O4.C2H5NO2.2C2H6/c1-10(2,3)6-9(16)15-5-4-8(7-15)11(12,13)14;9-8(16)2-4(7(15)12-8)1-5(6(10)14)11-3-13;1-5-2(3)4;2*1-2/h8H,4-7H2,1-3H3;3-5,16H,1-2H2,(H2,10,14)(H,11,13)(H,12,15);1H3,(H2,3,4);2*1-2H3/t8-;4-,5+,8?;;;/m11.../s1. The van der Waals surface area contributed by atoms with Crippen LogP contribution in [0.4, 0.5) is 18.0 Å². The molecule has 2 radical (unpaired) electrons. The largest absolute Gasteiger partial charge is 0.453 e. The van der Waals surface area contributed by atoms with Crippen molar-refractivity contribution < 1.29 is 47.0 Å². The summed E-state index contributed by atoms with van der Waals surface area (Å²) < 4.78 is 41.1. The molecule has 0 aromatic rings. The number of primary amides is 2. The third kappa shape index (κ3) is 19.6. The number of amides is 5. The van der Waals surface area contributed by atoms with Gasteiger partial charge in [-0.3, -0.25) is 19.2 Å². The second kappa shape index (κ2) is 19.9. The Morgan fingerprint density at radius 3 is 2.00 bits per heavy atom. The van der Waals surface area contributed by atoms with Crippen molar-refractivity contribution >= 4 is 38.1 Å². The first-order valence-electron chi connectivity index (χ1n) is 13.2. The summed E-state index contributed by atoms with van der Waals surface area (Å²) in [4.78, 5) is 54.9. The van der Waals surface area contributed by atoms with E-state index in [9.17, 15) is 42.3 Å². The van der Waals surface area contributed by atoms with Crippen LogP contribution in [0, 0.1) is 17.3 Å². The van der Waals surface area contributed by atoms with E-state index in [4.69, 9.17) is 13.6 Å². The van der Waals surface area contributed by atoms with Crippen LogP contribution in [0.2, 0.25) is 0 Å². The van der Waals surface area contributed by atoms with Crippen LogP contribution in [0.3, 0.4) is 0 Å². The molecular weight excluding hydrogens is 550 g/mol. The molecule has 2 heterocycles. The van der Waals surface area contributed by atoms with Crippen molar-refractivity contribution in [2.75, 3.05) is 20.2 Å². The number of ether oxygens (including phenoxy) is 1. The molecule has 0 aliphatic carbocycles. The van der Waals surface area contributed by atoms with Crippen LogP contribution >= 0.6 is 0 Å². The third-order valence-corrected chi connectivity index (χ3v) is 5.29. The first-order chi connectivity index (χ1) is 18.7. The highest BCUT2D eigenvalue weighted by Crippen LogP contribution is 2.34. The number of likely N-dealkylation sites (tertiary alicyclic amines) is 1. The molecule has 16 heteroatoms. The molecule has 2 fully saturated rings. The summed E-state index contributed by atoms with van der Waals surface area (Å²) in [7, 11) is 6.53. The van der Waals surface area contributed by atoms with Gasteiger partial charge < -0.3 is 36.8 Å². The maximum atomic E-state index is 12.4. The van der Waals surface area contributed by atoms with Crippen molar-refractivity contribution in [1.82, 2.24) is 15.5 Å². The third-order valence-electron chi connectivity index (χ3n) is 5.29. The smallest absolute Gasteiger partial charge is 0.404 e. The van der Waals surface area contributed by atoms with Crippen molar-refractivity contribution in [1.29, 1.82) is 0 Å². The lowest BCUT2D eigenvalue weighted by molar-refractivity contribution is -0.171. The molecule has 4 atom stereocenters. The maximum absolute atomic E-state index is 12.4. The fourth-order valence-electron chi connectivity index (χ4n) is 3.48. The average molecular weight is 597 g/mol. The number of nitrogens with zero attached hydrogens (tertiary/aromatic N) is 1. The van der Waals surface area contributed by atoms with Crippen LogP contribution in [0.15, 0.2) is 0 Å². The van der Waals surface area contributed by atoms with E-state index in [0.717, 1.165) is 0 Å². The Kier molecular flexibility index (Phi) is 20.6. The van der Waals surface area contributed by atoms with Crippen LogP contribution in [0.25, 0.3) is 0 Å². The van der Waals surface area contributed by atoms with E-state index in [1.807, 2.05) is 48.5 Å². The summed E-state index contributed by atoms with van der Waals surface area (Å²) >= 11 is 0. The van der Waals surface area contributed by atoms with Gasteiger partial charge in [0, 0.05) is 25.4 Å². The number of aliphatic hydroxyl groups is 1. The summed E-state index contributed by atoms with van der Waals surface area (Å²) in [6.45, 7) is 13.8. The molecule has 2 aliphatic rings. The van der Waals surface area contributed by atoms with E-state index < -0.39 is 47.6 Å². The number of alkyl halides is 3. The second-order valence-corrected chi connectivity index (χ2v) is 9.92. The molecule has 0 bridgehead atoms. The average Bonchev–Trinajstić information content (AvgIpc) is 3.45. The van der Waals surface area contributed by atoms with Crippen LogP contribution < -0.4 is 22.1 Å². The SMILES string of the molecule is CC.CC.CC(C)(C)CC(=O)N1CC[C@@H](C(F)(F)F)C1.COC(N)=O.[B]C1(O)C[C@@H](C[C@H](NC=O)C(N)=O)C(=O)N1. The lowest BCUT2D eigenvalue weighted by Gasteiger charge is -2.23. The van der Waals surface area contributed by atoms with Gasteiger partial charge in [-0.05, 0) is 24.7 Å². The predicted octanol–water partition coefficient (Wildman–Crippen LogP) is 1.52. The van der Waals surface area contributed by atoms with E-state index >= 15 is 0 Å². The molecule has 0 spiro atoms. The first-order valence-corrected chi connectivity index (χ1v) is 13.2. The molecule has 12 nitrogen and oxygen atoms in total. The Hall–Kier alpha value is -3.04. The molecule has 7 N–H and O–H groups in total. The Labute approximate surface area is 241 Å². The van der Waals surface area contributed by atoms with Gasteiger partial charge in [0.25, 0.3) is 0 Å². The number of hydrogen-bond donors (Lipinski definition) is 5. The molecule has 5 amide bonds. The van der Waals surface area contributed by atoms with Crippen molar-refractivity contribution in [3.8, 4) is 0 Å². The fraction of sp³-hybridized carbons (Fsp3) is 0.800. The normalized spacial score (nSPS) is 21.9. The number of carbonyl (C=O) groups is 5. The van der Waals surface area contributed by atoms with Crippen LogP contribution in [-0.4, -0.2) is 86.1 Å². The zero-order valence-corrected chi connectivity index (χ0v) is 25.3. The maximum Gasteiger partial charge on any atom is 0.404 e. The zero-order chi connectivity index (χ0) is 33.2. The van der Waals surface area contributed by atoms with Gasteiger partial charge >= 0.3 is 12.3 Å². The lowest BCUT2D eigenvalue weighted by atomic mass is 9.85. The van der Waals surface area contributed by atoms with Gasteiger partial charge in [0.05, 0.1) is 18.7 Å². The quantitative estimate of drug-likeness (QED) is 0.226. The topological polar surface area (TPSA) is 194 Å². The fourth-order valence-corrected chi connectivity index (χ4v) is 3.48. The Balaban J connectivity index is -0.000000548. The summed E-state index contributed by atoms with van der Waals surface area (Å²) in [6.07, 6.45) is -4.26. The summed E-state index contributed by atoms with van der Waals surface area (Å²) in [5, 5.41) is 13.7. The van der Waals surface area contributed by atoms with Crippen molar-refractivity contribution in [3.63, 3.8) is 0 Å². The highest BCUT2D eigenvalue weighted by Gasteiger charge is 2.45. The second-order valence-electron chi connectivity index (χ2n) is 9.92. The molecule has 0 aromatic carbocycles. The highest BCUT2D eigenvalue weighted by molar-refractivity contribution is 6.16. The minimum absolute atomic E-state index is 0.0133. The lowest BCUT2D eigenvalue weighted by Crippen LogP contribution is -2.43. The highest BCUT2D eigenvalue weighted by atomic mass is 19.4. The Morgan fingerprint density at radius 1 is 1.22 bits per heavy atom. The molecule has 2 rings (SSSR count). The summed E-state index contributed by atoms with van der Waals surface area (Å²) in [5.74, 6) is -3.37. The number of nitrogens with two attached hydrogens (primary N) is 2. The van der Waals surface area contributed by atoms with Gasteiger partial charge in [-0.15, -0.1) is 0 Å². The number of hydrogen-bond acceptors (Lipinski definition) is 7. The van der Waals surface area contributed by atoms with Gasteiger partial charge in [-0.25, -0.2) is 4.79 Å². The molecule has 2 saturated heterocycles. The number of carbonyl (C=O) groups excluding carboxylic acids is 5. The molecule has 1 unspecified atom stereocenters. The van der Waals surface area contributed by atoms with Crippen LogP contribution in [0.5, 0.6) is 0 Å². The van der Waals surface area contributed by atoms with E-state index in [0.29, 0.717) is 12.8 Å². The van der Waals surface area contributed by atoms with Crippen LogP contribution in [0.1, 0.15) is 74.1 Å². The Bertz CT molecular complexity index is 824. The van der Waals surface area contributed by atoms with Gasteiger partial charge in [0.2, 0.25) is 24.1 Å². The summed E-state index contributed by atoms with van der Waals surface area (Å²) in [5.41, 5.74) is 7.53. The van der Waals surface area contributed by atoms with E-state index in [-0.39, 0.29) is 43.7 Å². The molecule has 0 aromatic heterocycles. The zero-order valence-electron chi connectivity index (χ0n) is 25.3. The molecule has 41 heavy (non-hydrogen) atoms. The van der Waals surface area contributed by atoms with Gasteiger partial charge in [-0.1, -0.05) is 48.5 Å². The predicted molar refractivity (Wildman–Crippen MR) is 148 cm³/mol. The monoisotopic (exact) mass is 597 g/mol. The number of methoxy groups -OCH3 is 1. The summed E-state index contributed by atoms with van der Waals surface area (Å²) in [6, 6.07) is -0.942. The molecule has 0 saturated carbocycles. The van der Waals surface area contributed by atoms with Crippen molar-refractivity contribution in [2.45, 2.75) is 92.0 Å². The van der Waals surface area contributed by atoms with Crippen molar-refractivity contribution in [3.05, 3.63) is 0 Å². The van der Waals surface area contributed by atoms with Crippen molar-refractivity contribution in [2.24, 2.45) is 28.7 Å². The Morgan fingerprint density at radius 2 is 1.71 bits per heavy atom. The number of nitrogens with one attached hydrogen (secondary N) is 2. The number of halogens is 3. The van der Waals surface area contributed by atoms with E-state index in [1.165, 1.54) is 12.0 Å². The minimum Gasteiger partial charge on any atom is -0.453 e. The van der Waals surface area contributed by atoms with Gasteiger partial charge in [0.15, 0.2) is 0 Å². The van der Waals surface area contributed by atoms with Gasteiger partial charge in [-0.2, -0.15) is 13.2 Å². The van der Waals surface area contributed by atoms with Crippen LogP contribution in [-0.2, 0) is 23.9 Å². The number of rotatable bonds is 6. The van der Waals surface area contributed by atoms with Gasteiger partial charge in [0.1, 0.15) is 13.9 Å². The molecule has 238 valence electrons.